The summed E-state index contributed by atoms with van der Waals surface area (Å²) in [4.78, 5) is 19.2. The van der Waals surface area contributed by atoms with Crippen LogP contribution in [0.2, 0.25) is 0 Å². The Morgan fingerprint density at radius 3 is 2.81 bits per heavy atom. The van der Waals surface area contributed by atoms with E-state index in [1.807, 2.05) is 6.07 Å². The highest BCUT2D eigenvalue weighted by molar-refractivity contribution is 6.06. The molecule has 4 rings (SSSR count). The summed E-state index contributed by atoms with van der Waals surface area (Å²) in [6.45, 7) is 4.38. The minimum Gasteiger partial charge on any atom is -0.341 e. The molecule has 0 fully saturated rings. The number of fused-ring (bicyclic) bond motifs is 3. The number of aromatic nitrogens is 3. The van der Waals surface area contributed by atoms with Gasteiger partial charge in [0.15, 0.2) is 0 Å². The minimum atomic E-state index is -0.243. The third-order valence-corrected chi connectivity index (χ3v) is 4.73. The molecule has 0 saturated heterocycles. The van der Waals surface area contributed by atoms with Crippen molar-refractivity contribution in [2.24, 2.45) is 0 Å². The van der Waals surface area contributed by atoms with Crippen molar-refractivity contribution in [3.8, 4) is 0 Å². The van der Waals surface area contributed by atoms with Gasteiger partial charge in [-0.3, -0.25) is 4.79 Å². The molecule has 3 aromatic heterocycles. The molecule has 1 aromatic carbocycles. The van der Waals surface area contributed by atoms with Gasteiger partial charge < -0.3 is 14.9 Å². The average Bonchev–Trinajstić information content (AvgIpc) is 3.02. The molecule has 0 aliphatic carbocycles. The van der Waals surface area contributed by atoms with Gasteiger partial charge in [0, 0.05) is 36.3 Å². The predicted molar refractivity (Wildman–Crippen MR) is 105 cm³/mol. The summed E-state index contributed by atoms with van der Waals surface area (Å²) in [7, 11) is 0. The van der Waals surface area contributed by atoms with E-state index in [0.29, 0.717) is 18.6 Å². The Kier molecular flexibility index (Phi) is 4.73. The number of hydrogen-bond acceptors (Lipinski definition) is 3. The molecular weight excluding hydrogens is 343 g/mol. The van der Waals surface area contributed by atoms with Gasteiger partial charge in [-0.05, 0) is 42.3 Å². The molecule has 0 amide bonds. The number of nitrogens with zero attached hydrogens (tertiary/aromatic N) is 2. The Morgan fingerprint density at radius 2 is 2.04 bits per heavy atom. The molecule has 3 heterocycles. The Hall–Kier alpha value is -2.99. The van der Waals surface area contributed by atoms with Crippen LogP contribution in [0.5, 0.6) is 0 Å². The van der Waals surface area contributed by atoms with Gasteiger partial charge in [0.2, 0.25) is 0 Å². The SMILES string of the molecule is CCCNCc1cn(Cc2ccc(F)cc2)c2cnc3c(=O)[nH]ccc3c12. The highest BCUT2D eigenvalue weighted by atomic mass is 19.1. The lowest BCUT2D eigenvalue weighted by Crippen LogP contribution is -2.13. The fourth-order valence-electron chi connectivity index (χ4n) is 3.46. The third-order valence-electron chi connectivity index (χ3n) is 4.73. The van der Waals surface area contributed by atoms with Crippen LogP contribution in [0, 0.1) is 5.82 Å². The van der Waals surface area contributed by atoms with Gasteiger partial charge >= 0.3 is 0 Å². The van der Waals surface area contributed by atoms with Gasteiger partial charge in [0.25, 0.3) is 5.56 Å². The first-order chi connectivity index (χ1) is 13.2. The first-order valence-corrected chi connectivity index (χ1v) is 9.10. The van der Waals surface area contributed by atoms with Crippen LogP contribution < -0.4 is 10.9 Å². The second-order valence-corrected chi connectivity index (χ2v) is 6.67. The maximum atomic E-state index is 13.2. The standard InChI is InChI=1S/C21H21FN4O/c1-2-8-23-10-15-13-26(12-14-3-5-16(22)6-4-14)18-11-25-20-17(19(15)18)7-9-24-21(20)27/h3-7,9,11,13,23H,2,8,10,12H2,1H3,(H,24,27). The number of aromatic amines is 1. The molecule has 27 heavy (non-hydrogen) atoms. The lowest BCUT2D eigenvalue weighted by atomic mass is 10.1. The molecule has 0 unspecified atom stereocenters. The summed E-state index contributed by atoms with van der Waals surface area (Å²) in [6, 6.07) is 8.41. The summed E-state index contributed by atoms with van der Waals surface area (Å²) in [5.41, 5.74) is 3.35. The zero-order chi connectivity index (χ0) is 18.8. The Morgan fingerprint density at radius 1 is 1.22 bits per heavy atom. The van der Waals surface area contributed by atoms with Crippen molar-refractivity contribution in [3.63, 3.8) is 0 Å². The zero-order valence-corrected chi connectivity index (χ0v) is 15.1. The van der Waals surface area contributed by atoms with E-state index >= 15 is 0 Å². The van der Waals surface area contributed by atoms with E-state index in [1.54, 1.807) is 24.5 Å². The van der Waals surface area contributed by atoms with Crippen molar-refractivity contribution >= 4 is 21.8 Å². The van der Waals surface area contributed by atoms with Gasteiger partial charge in [-0.15, -0.1) is 0 Å². The smallest absolute Gasteiger partial charge is 0.274 e. The highest BCUT2D eigenvalue weighted by Gasteiger charge is 2.14. The third kappa shape index (κ3) is 3.36. The predicted octanol–water partition coefficient (Wildman–Crippen LogP) is 3.56. The minimum absolute atomic E-state index is 0.187. The molecule has 0 atom stereocenters. The second kappa shape index (κ2) is 7.32. The van der Waals surface area contributed by atoms with Crippen LogP contribution in [0.4, 0.5) is 4.39 Å². The number of benzene rings is 1. The molecule has 0 saturated carbocycles. The van der Waals surface area contributed by atoms with Crippen LogP contribution in [0.3, 0.4) is 0 Å². The molecule has 5 nitrogen and oxygen atoms in total. The lowest BCUT2D eigenvalue weighted by Gasteiger charge is -2.06. The van der Waals surface area contributed by atoms with Crippen LogP contribution in [-0.2, 0) is 13.1 Å². The van der Waals surface area contributed by atoms with Crippen LogP contribution in [0.25, 0.3) is 21.8 Å². The van der Waals surface area contributed by atoms with Gasteiger partial charge in [-0.25, -0.2) is 9.37 Å². The van der Waals surface area contributed by atoms with Gasteiger partial charge in [-0.1, -0.05) is 19.1 Å². The summed E-state index contributed by atoms with van der Waals surface area (Å²) in [5, 5.41) is 5.33. The lowest BCUT2D eigenvalue weighted by molar-refractivity contribution is 0.626. The molecule has 0 radical (unpaired) electrons. The first-order valence-electron chi connectivity index (χ1n) is 9.10. The van der Waals surface area contributed by atoms with Crippen molar-refractivity contribution in [2.75, 3.05) is 6.54 Å². The number of pyridine rings is 2. The number of hydrogen-bond donors (Lipinski definition) is 2. The fraction of sp³-hybridized carbons (Fsp3) is 0.238. The molecule has 0 spiro atoms. The maximum Gasteiger partial charge on any atom is 0.274 e. The van der Waals surface area contributed by atoms with Crippen LogP contribution >= 0.6 is 0 Å². The number of H-pyrrole nitrogens is 1. The number of halogens is 1. The maximum absolute atomic E-state index is 13.2. The summed E-state index contributed by atoms with van der Waals surface area (Å²) in [5.74, 6) is -0.243. The summed E-state index contributed by atoms with van der Waals surface area (Å²) < 4.78 is 15.3. The zero-order valence-electron chi connectivity index (χ0n) is 15.1. The van der Waals surface area contributed by atoms with Crippen molar-refractivity contribution in [1.82, 2.24) is 19.9 Å². The van der Waals surface area contributed by atoms with E-state index in [1.165, 1.54) is 12.1 Å². The molecule has 0 aliphatic heterocycles. The largest absolute Gasteiger partial charge is 0.341 e. The van der Waals surface area contributed by atoms with Gasteiger partial charge in [-0.2, -0.15) is 0 Å². The first kappa shape index (κ1) is 17.4. The average molecular weight is 364 g/mol. The van der Waals surface area contributed by atoms with Crippen LogP contribution in [-0.4, -0.2) is 21.1 Å². The highest BCUT2D eigenvalue weighted by Crippen LogP contribution is 2.28. The molecule has 4 aromatic rings. The normalized spacial score (nSPS) is 11.5. The van der Waals surface area contributed by atoms with Crippen molar-refractivity contribution < 1.29 is 4.39 Å². The van der Waals surface area contributed by atoms with E-state index in [-0.39, 0.29) is 11.4 Å². The molecule has 138 valence electrons. The summed E-state index contributed by atoms with van der Waals surface area (Å²) >= 11 is 0. The van der Waals surface area contributed by atoms with E-state index in [4.69, 9.17) is 0 Å². The molecule has 2 N–H and O–H groups in total. The summed E-state index contributed by atoms with van der Waals surface area (Å²) in [6.07, 6.45) is 6.56. The van der Waals surface area contributed by atoms with E-state index in [2.05, 4.69) is 33.0 Å². The van der Waals surface area contributed by atoms with Gasteiger partial charge in [0.05, 0.1) is 11.7 Å². The second-order valence-electron chi connectivity index (χ2n) is 6.67. The van der Waals surface area contributed by atoms with Crippen molar-refractivity contribution in [1.29, 1.82) is 0 Å². The molecule has 0 bridgehead atoms. The topological polar surface area (TPSA) is 62.7 Å². The van der Waals surface area contributed by atoms with Gasteiger partial charge in [0.1, 0.15) is 11.3 Å². The Balaban J connectivity index is 1.86. The fourth-order valence-corrected chi connectivity index (χ4v) is 3.46. The van der Waals surface area contributed by atoms with E-state index in [9.17, 15) is 9.18 Å². The van der Waals surface area contributed by atoms with Crippen LogP contribution in [0.15, 0.2) is 53.7 Å². The number of nitrogens with one attached hydrogen (secondary N) is 2. The molecular formula is C21H21FN4O. The van der Waals surface area contributed by atoms with Crippen molar-refractivity contribution in [2.45, 2.75) is 26.4 Å². The van der Waals surface area contributed by atoms with Crippen molar-refractivity contribution in [3.05, 3.63) is 76.2 Å². The monoisotopic (exact) mass is 364 g/mol. The van der Waals surface area contributed by atoms with E-state index in [0.717, 1.165) is 40.4 Å². The molecule has 0 aliphatic rings. The molecule has 6 heteroatoms. The Labute approximate surface area is 155 Å². The van der Waals surface area contributed by atoms with E-state index < -0.39 is 0 Å². The van der Waals surface area contributed by atoms with Crippen LogP contribution in [0.1, 0.15) is 24.5 Å². The number of rotatable bonds is 6. The Bertz CT molecular complexity index is 1140. The quantitative estimate of drug-likeness (QED) is 0.514.